The number of aliphatic hydroxyl groups is 1. The number of rotatable bonds is 4. The molecule has 0 aliphatic carbocycles. The molecule has 0 saturated heterocycles. The number of carbonyl (C=O) groups is 1. The van der Waals surface area contributed by atoms with Crippen LogP contribution in [0, 0.1) is 0 Å². The predicted octanol–water partition coefficient (Wildman–Crippen LogP) is 1.84. The molecule has 0 atom stereocenters. The number of benzene rings is 1. The van der Waals surface area contributed by atoms with E-state index in [1.54, 1.807) is 31.5 Å². The minimum atomic E-state index is -0.919. The minimum Gasteiger partial charge on any atom is -0.496 e. The van der Waals surface area contributed by atoms with Gasteiger partial charge in [0.15, 0.2) is 0 Å². The lowest BCUT2D eigenvalue weighted by Crippen LogP contribution is -2.32. The molecule has 1 aliphatic rings. The normalized spacial score (nSPS) is 13.6. The molecular weight excluding hydrogens is 296 g/mol. The Kier molecular flexibility index (Phi) is 4.16. The van der Waals surface area contributed by atoms with Gasteiger partial charge in [0.1, 0.15) is 11.6 Å². The Morgan fingerprint density at radius 1 is 1.35 bits per heavy atom. The smallest absolute Gasteiger partial charge is 0.335 e. The van der Waals surface area contributed by atoms with Crippen LogP contribution in [0.4, 0.5) is 5.82 Å². The van der Waals surface area contributed by atoms with Gasteiger partial charge in [-0.15, -0.1) is 0 Å². The van der Waals surface area contributed by atoms with Gasteiger partial charge in [-0.05, 0) is 41.8 Å². The molecule has 0 amide bonds. The lowest BCUT2D eigenvalue weighted by Gasteiger charge is -2.31. The lowest BCUT2D eigenvalue weighted by atomic mass is 9.93. The first-order chi connectivity index (χ1) is 11.1. The van der Waals surface area contributed by atoms with Gasteiger partial charge >= 0.3 is 5.97 Å². The number of carboxylic acid groups (broad SMARTS) is 1. The Morgan fingerprint density at radius 3 is 2.87 bits per heavy atom. The maximum atomic E-state index is 11.4. The summed E-state index contributed by atoms with van der Waals surface area (Å²) in [5, 5.41) is 18.6. The number of ether oxygens (including phenoxy) is 1. The van der Waals surface area contributed by atoms with Crippen molar-refractivity contribution in [2.75, 3.05) is 18.6 Å². The molecule has 2 aromatic rings. The number of nitrogens with zero attached hydrogens (tertiary/aromatic N) is 2. The Morgan fingerprint density at radius 2 is 2.17 bits per heavy atom. The first-order valence-electron chi connectivity index (χ1n) is 7.36. The number of hydrogen-bond donors (Lipinski definition) is 2. The number of fused-ring (bicyclic) bond motifs is 1. The van der Waals surface area contributed by atoms with Crippen molar-refractivity contribution < 1.29 is 19.7 Å². The molecule has 1 aliphatic heterocycles. The zero-order valence-electron chi connectivity index (χ0n) is 12.8. The second-order valence-corrected chi connectivity index (χ2v) is 5.43. The number of aromatic nitrogens is 1. The van der Waals surface area contributed by atoms with Gasteiger partial charge in [0.2, 0.25) is 0 Å². The third kappa shape index (κ3) is 2.85. The van der Waals surface area contributed by atoms with E-state index in [1.807, 2.05) is 6.07 Å². The molecule has 2 heterocycles. The standard InChI is InChI=1S/C17H18N2O4/c1-23-15-3-2-13(17(21)22)12-5-7-19(9-14(12)15)16-8-11(10-20)4-6-18-16/h2-4,6,8,20H,5,7,9-10H2,1H3,(H,21,22). The molecule has 0 unspecified atom stereocenters. The van der Waals surface area contributed by atoms with E-state index in [0.717, 1.165) is 22.5 Å². The molecule has 6 heteroatoms. The molecule has 1 aromatic carbocycles. The average molecular weight is 314 g/mol. The Hall–Kier alpha value is -2.60. The van der Waals surface area contributed by atoms with E-state index < -0.39 is 5.97 Å². The van der Waals surface area contributed by atoms with Crippen LogP contribution in [0.15, 0.2) is 30.5 Å². The van der Waals surface area contributed by atoms with Crippen LogP contribution in [-0.4, -0.2) is 34.8 Å². The van der Waals surface area contributed by atoms with Gasteiger partial charge in [-0.3, -0.25) is 0 Å². The summed E-state index contributed by atoms with van der Waals surface area (Å²) in [6.07, 6.45) is 2.28. The second kappa shape index (κ2) is 6.26. The van der Waals surface area contributed by atoms with Crippen molar-refractivity contribution in [3.63, 3.8) is 0 Å². The summed E-state index contributed by atoms with van der Waals surface area (Å²) in [6, 6.07) is 6.91. The van der Waals surface area contributed by atoms with Crippen LogP contribution in [-0.2, 0) is 19.6 Å². The highest BCUT2D eigenvalue weighted by molar-refractivity contribution is 5.90. The van der Waals surface area contributed by atoms with Gasteiger partial charge in [0.25, 0.3) is 0 Å². The van der Waals surface area contributed by atoms with E-state index in [9.17, 15) is 15.0 Å². The van der Waals surface area contributed by atoms with E-state index in [2.05, 4.69) is 9.88 Å². The van der Waals surface area contributed by atoms with Crippen LogP contribution in [0.5, 0.6) is 5.75 Å². The molecule has 6 nitrogen and oxygen atoms in total. The largest absolute Gasteiger partial charge is 0.496 e. The van der Waals surface area contributed by atoms with E-state index in [-0.39, 0.29) is 6.61 Å². The fourth-order valence-corrected chi connectivity index (χ4v) is 2.97. The number of aliphatic hydroxyl groups excluding tert-OH is 1. The molecule has 0 spiro atoms. The molecule has 0 saturated carbocycles. The number of hydrogen-bond acceptors (Lipinski definition) is 5. The monoisotopic (exact) mass is 314 g/mol. The molecule has 23 heavy (non-hydrogen) atoms. The molecule has 0 bridgehead atoms. The SMILES string of the molecule is COc1ccc(C(=O)O)c2c1CN(c1cc(CO)ccn1)CC2. The quantitative estimate of drug-likeness (QED) is 0.896. The van der Waals surface area contributed by atoms with Gasteiger partial charge in [0, 0.05) is 24.8 Å². The van der Waals surface area contributed by atoms with Gasteiger partial charge in [0.05, 0.1) is 19.3 Å². The Balaban J connectivity index is 1.99. The summed E-state index contributed by atoms with van der Waals surface area (Å²) in [5.41, 5.74) is 2.84. The van der Waals surface area contributed by atoms with E-state index in [1.165, 1.54) is 0 Å². The molecule has 0 radical (unpaired) electrons. The zero-order chi connectivity index (χ0) is 16.4. The van der Waals surface area contributed by atoms with Crippen molar-refractivity contribution in [3.05, 3.63) is 52.7 Å². The van der Waals surface area contributed by atoms with Crippen molar-refractivity contribution in [1.29, 1.82) is 0 Å². The third-order valence-electron chi connectivity index (χ3n) is 4.14. The van der Waals surface area contributed by atoms with Crippen LogP contribution in [0.25, 0.3) is 0 Å². The lowest BCUT2D eigenvalue weighted by molar-refractivity contribution is 0.0695. The molecule has 3 rings (SSSR count). The van der Waals surface area contributed by atoms with Gasteiger partial charge in [-0.2, -0.15) is 0 Å². The third-order valence-corrected chi connectivity index (χ3v) is 4.14. The Labute approximate surface area is 134 Å². The predicted molar refractivity (Wildman–Crippen MR) is 84.9 cm³/mol. The number of carboxylic acids is 1. The highest BCUT2D eigenvalue weighted by Crippen LogP contribution is 2.32. The van der Waals surface area contributed by atoms with Crippen LogP contribution in [0.3, 0.4) is 0 Å². The van der Waals surface area contributed by atoms with E-state index in [4.69, 9.17) is 4.74 Å². The highest BCUT2D eigenvalue weighted by atomic mass is 16.5. The second-order valence-electron chi connectivity index (χ2n) is 5.43. The summed E-state index contributed by atoms with van der Waals surface area (Å²) in [6.45, 7) is 1.16. The van der Waals surface area contributed by atoms with E-state index >= 15 is 0 Å². The zero-order valence-corrected chi connectivity index (χ0v) is 12.8. The van der Waals surface area contributed by atoms with Crippen molar-refractivity contribution >= 4 is 11.8 Å². The van der Waals surface area contributed by atoms with Crippen LogP contribution in [0.2, 0.25) is 0 Å². The van der Waals surface area contributed by atoms with Crippen molar-refractivity contribution in [3.8, 4) is 5.75 Å². The van der Waals surface area contributed by atoms with Crippen molar-refractivity contribution in [2.45, 2.75) is 19.6 Å². The number of aromatic carboxylic acids is 1. The summed E-state index contributed by atoms with van der Waals surface area (Å²) in [4.78, 5) is 17.8. The maximum Gasteiger partial charge on any atom is 0.335 e. The number of anilines is 1. The molecule has 1 aromatic heterocycles. The minimum absolute atomic E-state index is 0.0353. The van der Waals surface area contributed by atoms with Gasteiger partial charge < -0.3 is 19.8 Å². The average Bonchev–Trinajstić information content (AvgIpc) is 2.60. The van der Waals surface area contributed by atoms with Crippen molar-refractivity contribution in [1.82, 2.24) is 4.98 Å². The summed E-state index contributed by atoms with van der Waals surface area (Å²) in [5.74, 6) is 0.538. The molecule has 2 N–H and O–H groups in total. The highest BCUT2D eigenvalue weighted by Gasteiger charge is 2.25. The number of pyridine rings is 1. The maximum absolute atomic E-state index is 11.4. The van der Waals surface area contributed by atoms with Crippen LogP contribution >= 0.6 is 0 Å². The molecular formula is C17H18N2O4. The van der Waals surface area contributed by atoms with E-state index in [0.29, 0.717) is 30.8 Å². The first kappa shape index (κ1) is 15.3. The van der Waals surface area contributed by atoms with Gasteiger partial charge in [-0.1, -0.05) is 0 Å². The summed E-state index contributed by atoms with van der Waals surface area (Å²) in [7, 11) is 1.58. The first-order valence-corrected chi connectivity index (χ1v) is 7.36. The Bertz CT molecular complexity index is 745. The fraction of sp³-hybridized carbons (Fsp3) is 0.294. The molecule has 0 fully saturated rings. The van der Waals surface area contributed by atoms with Crippen molar-refractivity contribution in [2.24, 2.45) is 0 Å². The van der Waals surface area contributed by atoms with Crippen LogP contribution in [0.1, 0.15) is 27.0 Å². The summed E-state index contributed by atoms with van der Waals surface area (Å²) < 4.78 is 5.40. The topological polar surface area (TPSA) is 82.9 Å². The molecule has 120 valence electrons. The fourth-order valence-electron chi connectivity index (χ4n) is 2.97. The number of methoxy groups -OCH3 is 1. The van der Waals surface area contributed by atoms with Crippen LogP contribution < -0.4 is 9.64 Å². The van der Waals surface area contributed by atoms with Gasteiger partial charge in [-0.25, -0.2) is 9.78 Å². The summed E-state index contributed by atoms with van der Waals surface area (Å²) >= 11 is 0.